The molecule has 1 aliphatic heterocycles. The lowest BCUT2D eigenvalue weighted by Gasteiger charge is -2.34. The summed E-state index contributed by atoms with van der Waals surface area (Å²) in [6.07, 6.45) is -2.12. The minimum absolute atomic E-state index is 0.0701. The van der Waals surface area contributed by atoms with Crippen LogP contribution in [0.1, 0.15) is 72.1 Å². The molecule has 4 atom stereocenters. The average molecular weight is 875 g/mol. The molecule has 12 nitrogen and oxygen atoms in total. The minimum Gasteiger partial charge on any atom is -0.360 e. The summed E-state index contributed by atoms with van der Waals surface area (Å²) in [7, 11) is -2.28. The van der Waals surface area contributed by atoms with Gasteiger partial charge in [0, 0.05) is 48.8 Å². The van der Waals surface area contributed by atoms with Crippen molar-refractivity contribution in [3.05, 3.63) is 93.0 Å². The number of anilines is 1. The van der Waals surface area contributed by atoms with Crippen LogP contribution in [0.3, 0.4) is 0 Å². The van der Waals surface area contributed by atoms with Crippen molar-refractivity contribution < 1.29 is 44.3 Å². The molecule has 2 fully saturated rings. The van der Waals surface area contributed by atoms with Gasteiger partial charge in [-0.15, -0.1) is 0 Å². The normalized spacial score (nSPS) is 21.2. The van der Waals surface area contributed by atoms with Gasteiger partial charge in [-0.25, -0.2) is 31.0 Å². The van der Waals surface area contributed by atoms with Crippen LogP contribution in [0.5, 0.6) is 0 Å². The summed E-state index contributed by atoms with van der Waals surface area (Å²) in [5.74, 6) is -2.27. The molecule has 20 heteroatoms. The van der Waals surface area contributed by atoms with Crippen molar-refractivity contribution in [1.29, 1.82) is 0 Å². The largest absolute Gasteiger partial charge is 0.360 e. The van der Waals surface area contributed by atoms with Crippen molar-refractivity contribution in [3.63, 3.8) is 0 Å². The number of aromatic nitrogens is 5. The Morgan fingerprint density at radius 3 is 2.47 bits per heavy atom. The quantitative estimate of drug-likeness (QED) is 0.107. The average Bonchev–Trinajstić information content (AvgIpc) is 3.71. The number of nitrogens with zero attached hydrogens (tertiary/aromatic N) is 5. The molecule has 3 N–H and O–H groups in total. The fraction of sp³-hybridized carbons (Fsp3) is 0.400. The second-order valence-electron chi connectivity index (χ2n) is 15.4. The van der Waals surface area contributed by atoms with Crippen LogP contribution in [0, 0.1) is 29.4 Å². The Kier molecular flexibility index (Phi) is 10.7. The summed E-state index contributed by atoms with van der Waals surface area (Å²) in [5.41, 5.74) is -1.31. The van der Waals surface area contributed by atoms with Crippen LogP contribution < -0.4 is 15.4 Å². The maximum Gasteiger partial charge on any atom is 0.293 e. The fourth-order valence-electron chi connectivity index (χ4n) is 8.38. The molecule has 5 aromatic rings. The van der Waals surface area contributed by atoms with Gasteiger partial charge in [-0.05, 0) is 73.9 Å². The molecule has 1 saturated carbocycles. The first-order valence-corrected chi connectivity index (χ1v) is 21.1. The van der Waals surface area contributed by atoms with Crippen molar-refractivity contribution >= 4 is 44.3 Å². The third-order valence-electron chi connectivity index (χ3n) is 11.0. The van der Waals surface area contributed by atoms with Crippen molar-refractivity contribution in [2.75, 3.05) is 30.7 Å². The van der Waals surface area contributed by atoms with Crippen LogP contribution in [0.25, 0.3) is 22.0 Å². The maximum atomic E-state index is 15.7. The number of morpholine rings is 1. The molecule has 4 heterocycles. The molecule has 2 aliphatic carbocycles. The summed E-state index contributed by atoms with van der Waals surface area (Å²) in [4.78, 5) is 19.0. The van der Waals surface area contributed by atoms with Crippen molar-refractivity contribution in [1.82, 2.24) is 35.2 Å². The highest BCUT2D eigenvalue weighted by Crippen LogP contribution is 2.63. The van der Waals surface area contributed by atoms with Gasteiger partial charge in [-0.1, -0.05) is 23.6 Å². The van der Waals surface area contributed by atoms with Crippen LogP contribution in [-0.2, 0) is 45.5 Å². The number of ether oxygens (including phenoxy) is 1. The maximum absolute atomic E-state index is 15.7. The lowest BCUT2D eigenvalue weighted by molar-refractivity contribution is -0.123. The number of halogens is 7. The van der Waals surface area contributed by atoms with E-state index >= 15 is 8.78 Å². The molecule has 316 valence electrons. The number of nitrogens with one attached hydrogen (secondary N) is 3. The van der Waals surface area contributed by atoms with Gasteiger partial charge >= 0.3 is 0 Å². The first kappa shape index (κ1) is 41.6. The Labute approximate surface area is 345 Å². The van der Waals surface area contributed by atoms with Crippen LogP contribution in [0.2, 0.25) is 5.02 Å². The SMILES string of the molecule is Cn1nc(NS(C)(=O)=O)c2c(Cl)ccc(-c3ccc(C#C[C@]4(C)CNCCO4)nc3[C@H](Cc3cc(F)cc(F)c3)NC(=O)Cn3nc(C(F)F)c4c3C(F)(F)[C@@H]3CC[C@H]43)c21. The number of pyridine rings is 1. The molecule has 0 radical (unpaired) electrons. The highest BCUT2D eigenvalue weighted by Gasteiger charge is 2.62. The first-order valence-electron chi connectivity index (χ1n) is 18.9. The molecule has 1 saturated heterocycles. The molecule has 1 amide bonds. The molecule has 8 rings (SSSR count). The second-order valence-corrected chi connectivity index (χ2v) is 17.6. The highest BCUT2D eigenvalue weighted by molar-refractivity contribution is 7.92. The van der Waals surface area contributed by atoms with Gasteiger partial charge in [0.1, 0.15) is 40.9 Å². The van der Waals surface area contributed by atoms with E-state index in [1.54, 1.807) is 32.2 Å². The molecule has 3 aliphatic rings. The van der Waals surface area contributed by atoms with Gasteiger partial charge in [0.15, 0.2) is 5.82 Å². The van der Waals surface area contributed by atoms with E-state index in [-0.39, 0.29) is 58.0 Å². The Hall–Kier alpha value is -5.16. The van der Waals surface area contributed by atoms with E-state index in [4.69, 9.17) is 21.3 Å². The van der Waals surface area contributed by atoms with E-state index in [9.17, 15) is 30.8 Å². The fourth-order valence-corrected chi connectivity index (χ4v) is 9.12. The van der Waals surface area contributed by atoms with Gasteiger partial charge in [0.2, 0.25) is 15.9 Å². The van der Waals surface area contributed by atoms with E-state index < -0.39 is 81.3 Å². The third-order valence-corrected chi connectivity index (χ3v) is 11.9. The zero-order valence-electron chi connectivity index (χ0n) is 32.2. The number of rotatable bonds is 10. The van der Waals surface area contributed by atoms with E-state index in [0.29, 0.717) is 47.1 Å². The van der Waals surface area contributed by atoms with Crippen LogP contribution in [-0.4, -0.2) is 70.4 Å². The van der Waals surface area contributed by atoms with Crippen LogP contribution in [0.15, 0.2) is 42.5 Å². The molecule has 0 spiro atoms. The monoisotopic (exact) mass is 874 g/mol. The second kappa shape index (κ2) is 15.4. The lowest BCUT2D eigenvalue weighted by atomic mass is 9.73. The van der Waals surface area contributed by atoms with Gasteiger partial charge in [0.25, 0.3) is 12.3 Å². The number of carbonyl (C=O) groups is 1. The molecule has 3 aromatic heterocycles. The Bertz CT molecular complexity index is 2710. The summed E-state index contributed by atoms with van der Waals surface area (Å²) >= 11 is 6.63. The van der Waals surface area contributed by atoms with Gasteiger partial charge < -0.3 is 15.4 Å². The predicted octanol–water partition coefficient (Wildman–Crippen LogP) is 6.50. The highest BCUT2D eigenvalue weighted by atomic mass is 35.5. The number of aryl methyl sites for hydroxylation is 1. The summed E-state index contributed by atoms with van der Waals surface area (Å²) in [5, 5.41) is 14.5. The number of benzene rings is 2. The number of alkyl halides is 4. The summed E-state index contributed by atoms with van der Waals surface area (Å²) in [6, 6.07) is 7.82. The molecular weight excluding hydrogens is 838 g/mol. The van der Waals surface area contributed by atoms with E-state index in [0.717, 1.165) is 18.4 Å². The Balaban J connectivity index is 1.28. The van der Waals surface area contributed by atoms with Gasteiger partial charge in [-0.2, -0.15) is 19.0 Å². The lowest BCUT2D eigenvalue weighted by Crippen LogP contribution is -2.46. The van der Waals surface area contributed by atoms with Crippen molar-refractivity contribution in [2.45, 2.75) is 62.6 Å². The Morgan fingerprint density at radius 2 is 1.82 bits per heavy atom. The molecule has 2 aromatic carbocycles. The number of hydrogen-bond donors (Lipinski definition) is 3. The number of sulfonamides is 1. The zero-order valence-corrected chi connectivity index (χ0v) is 33.8. The Morgan fingerprint density at radius 1 is 1.08 bits per heavy atom. The minimum atomic E-state index is -3.83. The number of carbonyl (C=O) groups excluding carboxylic acids is 1. The number of amides is 1. The van der Waals surface area contributed by atoms with Gasteiger partial charge in [0.05, 0.1) is 40.5 Å². The molecule has 60 heavy (non-hydrogen) atoms. The standard InChI is InChI=1S/C40H37ClF6N8O4S/c1-39(19-48-12-13-59-39)11-10-23-4-5-24(25-7-9-28(41)32-35(25)54(2)52-38(32)53-60(3,57)58)33(49-23)29(16-20-14-21(42)17-22(43)15-20)50-30(56)18-55-36-31(34(51-55)37(44)45)26-6-8-27(26)40(36,46)47/h4-5,7,9,14-15,17,26-27,29,37,48H,6,8,12-13,16,18-19H2,1-3H3,(H,50,56)(H,52,53)/t26-,27+,29-,39+/m0/s1. The predicted molar refractivity (Wildman–Crippen MR) is 209 cm³/mol. The van der Waals surface area contributed by atoms with Crippen LogP contribution in [0.4, 0.5) is 32.2 Å². The topological polar surface area (TPSA) is 145 Å². The smallest absolute Gasteiger partial charge is 0.293 e. The van der Waals surface area contributed by atoms with E-state index in [1.807, 2.05) is 0 Å². The van der Waals surface area contributed by atoms with Gasteiger partial charge in [-0.3, -0.25) is 18.9 Å². The summed E-state index contributed by atoms with van der Waals surface area (Å²) < 4.78 is 124. The van der Waals surface area contributed by atoms with Crippen molar-refractivity contribution in [2.24, 2.45) is 13.0 Å². The third kappa shape index (κ3) is 7.81. The van der Waals surface area contributed by atoms with Crippen LogP contribution >= 0.6 is 11.6 Å². The molecule has 0 unspecified atom stereocenters. The first-order chi connectivity index (χ1) is 28.3. The van der Waals surface area contributed by atoms with E-state index in [2.05, 4.69) is 37.4 Å². The summed E-state index contributed by atoms with van der Waals surface area (Å²) in [6.45, 7) is 2.33. The number of hydrogen-bond acceptors (Lipinski definition) is 8. The zero-order chi connectivity index (χ0) is 42.9. The number of fused-ring (bicyclic) bond motifs is 4. The molecule has 0 bridgehead atoms. The van der Waals surface area contributed by atoms with Crippen molar-refractivity contribution in [3.8, 4) is 23.0 Å². The van der Waals surface area contributed by atoms with E-state index in [1.165, 1.54) is 10.7 Å². The molecular formula is C40H37ClF6N8O4S.